The fourth-order valence-corrected chi connectivity index (χ4v) is 2.88. The Labute approximate surface area is 135 Å². The third-order valence-corrected chi connectivity index (χ3v) is 3.89. The molecular formula is C16H24O7. The molecule has 0 N–H and O–H groups in total. The van der Waals surface area contributed by atoms with Gasteiger partial charge in [-0.15, -0.1) is 0 Å². The fraction of sp³-hybridized carbons (Fsp3) is 0.750. The summed E-state index contributed by atoms with van der Waals surface area (Å²) >= 11 is 0. The van der Waals surface area contributed by atoms with E-state index in [9.17, 15) is 19.2 Å². The molecule has 0 aromatic carbocycles. The molecule has 0 aromatic heterocycles. The van der Waals surface area contributed by atoms with Gasteiger partial charge in [-0.1, -0.05) is 0 Å². The number of esters is 3. The average molecular weight is 328 g/mol. The largest absolute Gasteiger partial charge is 0.465 e. The van der Waals surface area contributed by atoms with Crippen LogP contribution in [0, 0.1) is 11.3 Å². The maximum atomic E-state index is 12.6. The monoisotopic (exact) mass is 328 g/mol. The second kappa shape index (κ2) is 8.64. The van der Waals surface area contributed by atoms with Crippen molar-refractivity contribution in [3.8, 4) is 0 Å². The molecule has 1 rings (SSSR count). The molecule has 0 bridgehead atoms. The van der Waals surface area contributed by atoms with E-state index in [0.717, 1.165) is 0 Å². The first kappa shape index (κ1) is 19.1. The average Bonchev–Trinajstić information content (AvgIpc) is 2.49. The molecule has 7 heteroatoms. The molecule has 0 saturated heterocycles. The first-order valence-electron chi connectivity index (χ1n) is 7.98. The Morgan fingerprint density at radius 3 is 1.74 bits per heavy atom. The van der Waals surface area contributed by atoms with Crippen molar-refractivity contribution in [2.45, 2.75) is 46.5 Å². The lowest BCUT2D eigenvalue weighted by molar-refractivity contribution is -0.189. The van der Waals surface area contributed by atoms with Crippen molar-refractivity contribution in [1.82, 2.24) is 0 Å². The van der Waals surface area contributed by atoms with Gasteiger partial charge >= 0.3 is 17.9 Å². The second-order valence-corrected chi connectivity index (χ2v) is 5.30. The van der Waals surface area contributed by atoms with Gasteiger partial charge in [-0.2, -0.15) is 0 Å². The number of ketones is 1. The van der Waals surface area contributed by atoms with E-state index in [1.54, 1.807) is 20.8 Å². The normalized spacial score (nSPS) is 18.2. The minimum atomic E-state index is -2.22. The van der Waals surface area contributed by atoms with Crippen molar-refractivity contribution in [3.05, 3.63) is 0 Å². The van der Waals surface area contributed by atoms with Crippen molar-refractivity contribution in [1.29, 1.82) is 0 Å². The first-order valence-corrected chi connectivity index (χ1v) is 7.98. The smallest absolute Gasteiger partial charge is 0.335 e. The fourth-order valence-electron chi connectivity index (χ4n) is 2.88. The van der Waals surface area contributed by atoms with Gasteiger partial charge in [-0.3, -0.25) is 19.2 Å². The Bertz CT molecular complexity index is 424. The molecule has 1 unspecified atom stereocenters. The molecule has 0 aromatic rings. The van der Waals surface area contributed by atoms with Gasteiger partial charge in [0.25, 0.3) is 5.41 Å². The lowest BCUT2D eigenvalue weighted by atomic mass is 9.68. The highest BCUT2D eigenvalue weighted by atomic mass is 16.6. The molecule has 7 nitrogen and oxygen atoms in total. The van der Waals surface area contributed by atoms with Gasteiger partial charge in [0, 0.05) is 18.8 Å². The Kier molecular flexibility index (Phi) is 7.19. The molecule has 0 radical (unpaired) electrons. The summed E-state index contributed by atoms with van der Waals surface area (Å²) in [6.45, 7) is 4.72. The first-order chi connectivity index (χ1) is 10.9. The number of ether oxygens (including phenoxy) is 3. The van der Waals surface area contributed by atoms with Crippen LogP contribution in [0.5, 0.6) is 0 Å². The lowest BCUT2D eigenvalue weighted by Crippen LogP contribution is -2.55. The zero-order chi connectivity index (χ0) is 17.5. The lowest BCUT2D eigenvalue weighted by Gasteiger charge is -2.35. The molecule has 1 atom stereocenters. The number of hydrogen-bond acceptors (Lipinski definition) is 7. The topological polar surface area (TPSA) is 96.0 Å². The van der Waals surface area contributed by atoms with Gasteiger partial charge in [0.1, 0.15) is 5.78 Å². The van der Waals surface area contributed by atoms with Crippen molar-refractivity contribution >= 4 is 23.7 Å². The van der Waals surface area contributed by atoms with Gasteiger partial charge < -0.3 is 14.2 Å². The Balaban J connectivity index is 3.37. The maximum absolute atomic E-state index is 12.6. The van der Waals surface area contributed by atoms with Crippen LogP contribution in [0.3, 0.4) is 0 Å². The SMILES string of the molecule is CCOC(=O)C(C(=O)OCC)(C(=O)OCC)C1CCCC(=O)C1. The molecule has 1 fully saturated rings. The molecule has 23 heavy (non-hydrogen) atoms. The highest BCUT2D eigenvalue weighted by Gasteiger charge is 2.62. The minimum Gasteiger partial charge on any atom is -0.465 e. The van der Waals surface area contributed by atoms with Crippen molar-refractivity contribution in [2.75, 3.05) is 19.8 Å². The minimum absolute atomic E-state index is 0.0000593. The van der Waals surface area contributed by atoms with E-state index >= 15 is 0 Å². The van der Waals surface area contributed by atoms with Crippen LogP contribution in [0.4, 0.5) is 0 Å². The zero-order valence-electron chi connectivity index (χ0n) is 13.9. The van der Waals surface area contributed by atoms with Crippen LogP contribution in [-0.2, 0) is 33.4 Å². The van der Waals surface area contributed by atoms with E-state index in [2.05, 4.69) is 0 Å². The van der Waals surface area contributed by atoms with Crippen LogP contribution < -0.4 is 0 Å². The van der Waals surface area contributed by atoms with E-state index in [0.29, 0.717) is 19.3 Å². The van der Waals surface area contributed by atoms with E-state index in [4.69, 9.17) is 14.2 Å². The van der Waals surface area contributed by atoms with E-state index in [1.807, 2.05) is 0 Å². The quantitative estimate of drug-likeness (QED) is 0.396. The Hall–Kier alpha value is -1.92. The summed E-state index contributed by atoms with van der Waals surface area (Å²) in [4.78, 5) is 49.5. The molecule has 1 saturated carbocycles. The summed E-state index contributed by atoms with van der Waals surface area (Å²) in [6, 6.07) is 0. The summed E-state index contributed by atoms with van der Waals surface area (Å²) < 4.78 is 14.9. The maximum Gasteiger partial charge on any atom is 0.335 e. The van der Waals surface area contributed by atoms with Crippen molar-refractivity contribution in [2.24, 2.45) is 11.3 Å². The van der Waals surface area contributed by atoms with E-state index in [1.165, 1.54) is 0 Å². The summed E-state index contributed by atoms with van der Waals surface area (Å²) in [5, 5.41) is 0. The number of carbonyl (C=O) groups excluding carboxylic acids is 4. The molecule has 0 amide bonds. The number of carbonyl (C=O) groups is 4. The van der Waals surface area contributed by atoms with Crippen LogP contribution in [0.25, 0.3) is 0 Å². The van der Waals surface area contributed by atoms with E-state index < -0.39 is 29.2 Å². The van der Waals surface area contributed by atoms with Crippen molar-refractivity contribution < 1.29 is 33.4 Å². The summed E-state index contributed by atoms with van der Waals surface area (Å²) in [7, 11) is 0. The van der Waals surface area contributed by atoms with Gasteiger partial charge in [-0.25, -0.2) is 0 Å². The molecule has 1 aliphatic rings. The Morgan fingerprint density at radius 2 is 1.39 bits per heavy atom. The van der Waals surface area contributed by atoms with Crippen LogP contribution in [0.2, 0.25) is 0 Å². The highest BCUT2D eigenvalue weighted by molar-refractivity contribution is 6.18. The zero-order valence-corrected chi connectivity index (χ0v) is 13.9. The van der Waals surface area contributed by atoms with Gasteiger partial charge in [0.05, 0.1) is 19.8 Å². The summed E-state index contributed by atoms with van der Waals surface area (Å²) in [5.74, 6) is -3.91. The van der Waals surface area contributed by atoms with Gasteiger partial charge in [0.15, 0.2) is 0 Å². The van der Waals surface area contributed by atoms with Gasteiger partial charge in [0.2, 0.25) is 0 Å². The third-order valence-electron chi connectivity index (χ3n) is 3.89. The molecular weight excluding hydrogens is 304 g/mol. The predicted octanol–water partition coefficient (Wildman–Crippen LogP) is 1.42. The number of hydrogen-bond donors (Lipinski definition) is 0. The van der Waals surface area contributed by atoms with Crippen molar-refractivity contribution in [3.63, 3.8) is 0 Å². The van der Waals surface area contributed by atoms with Crippen LogP contribution in [0.15, 0.2) is 0 Å². The number of rotatable bonds is 7. The van der Waals surface area contributed by atoms with E-state index in [-0.39, 0.29) is 32.0 Å². The third kappa shape index (κ3) is 3.89. The number of Topliss-reactive ketones (excluding diaryl/α,β-unsaturated/α-hetero) is 1. The van der Waals surface area contributed by atoms with Crippen LogP contribution >= 0.6 is 0 Å². The molecule has 0 heterocycles. The summed E-state index contributed by atoms with van der Waals surface area (Å²) in [5.41, 5.74) is -2.22. The molecule has 0 aliphatic heterocycles. The Morgan fingerprint density at radius 1 is 0.957 bits per heavy atom. The molecule has 1 aliphatic carbocycles. The van der Waals surface area contributed by atoms with Crippen LogP contribution in [-0.4, -0.2) is 43.5 Å². The second-order valence-electron chi connectivity index (χ2n) is 5.30. The molecule has 0 spiro atoms. The summed E-state index contributed by atoms with van der Waals surface area (Å²) in [6.07, 6.45) is 1.21. The predicted molar refractivity (Wildman–Crippen MR) is 79.3 cm³/mol. The van der Waals surface area contributed by atoms with Gasteiger partial charge in [-0.05, 0) is 33.6 Å². The van der Waals surface area contributed by atoms with Crippen LogP contribution in [0.1, 0.15) is 46.5 Å². The molecule has 130 valence electrons. The highest BCUT2D eigenvalue weighted by Crippen LogP contribution is 2.41. The standard InChI is InChI=1S/C16H24O7/c1-4-21-13(18)16(14(19)22-5-2,15(20)23-6-3)11-8-7-9-12(17)10-11/h11H,4-10H2,1-3H3.